The highest BCUT2D eigenvalue weighted by atomic mass is 32.2. The summed E-state index contributed by atoms with van der Waals surface area (Å²) < 4.78 is 29.0. The van der Waals surface area contributed by atoms with Crippen LogP contribution in [-0.4, -0.2) is 42.7 Å². The minimum absolute atomic E-state index is 0.0546. The normalized spacial score (nSPS) is 17.8. The Morgan fingerprint density at radius 3 is 2.58 bits per heavy atom. The van der Waals surface area contributed by atoms with Crippen LogP contribution in [0.1, 0.15) is 18.4 Å². The molecule has 2 aromatic carbocycles. The van der Waals surface area contributed by atoms with Crippen LogP contribution in [0.5, 0.6) is 0 Å². The fourth-order valence-corrected chi connectivity index (χ4v) is 7.04. The van der Waals surface area contributed by atoms with Crippen molar-refractivity contribution in [3.8, 4) is 11.1 Å². The average Bonchev–Trinajstić information content (AvgIpc) is 3.18. The van der Waals surface area contributed by atoms with Gasteiger partial charge in [0.05, 0.1) is 20.0 Å². The van der Waals surface area contributed by atoms with Gasteiger partial charge in [-0.2, -0.15) is 0 Å². The Morgan fingerprint density at radius 2 is 1.91 bits per heavy atom. The first-order valence-electron chi connectivity index (χ1n) is 10.0. The van der Waals surface area contributed by atoms with Crippen LogP contribution in [0, 0.1) is 0 Å². The maximum absolute atomic E-state index is 13.5. The van der Waals surface area contributed by atoms with Crippen molar-refractivity contribution in [2.24, 2.45) is 27.6 Å². The minimum atomic E-state index is -2.04. The number of hydrazine groups is 1. The molecule has 0 radical (unpaired) electrons. The molecule has 33 heavy (non-hydrogen) atoms. The summed E-state index contributed by atoms with van der Waals surface area (Å²) in [5.41, 5.74) is 22.5. The number of hydrazone groups is 1. The SMILES string of the molecule is NN/N=C(\N)c1c(-c2cccc3sc(N)nc23)ccc(S(=O)N2CCC(N)CC2)c1S(N)=O. The van der Waals surface area contributed by atoms with E-state index < -0.39 is 22.0 Å². The molecule has 2 atom stereocenters. The topological polar surface area (TPSA) is 205 Å². The summed E-state index contributed by atoms with van der Waals surface area (Å²) in [5.74, 6) is 5.32. The zero-order chi connectivity index (χ0) is 23.7. The molecule has 2 heterocycles. The molecular weight excluding hydrogens is 482 g/mol. The third kappa shape index (κ3) is 4.63. The molecule has 0 spiro atoms. The first-order valence-corrected chi connectivity index (χ1v) is 13.2. The van der Waals surface area contributed by atoms with E-state index in [1.807, 2.05) is 18.2 Å². The van der Waals surface area contributed by atoms with Crippen molar-refractivity contribution >= 4 is 54.5 Å². The van der Waals surface area contributed by atoms with Crippen LogP contribution in [0.2, 0.25) is 0 Å². The Balaban J connectivity index is 1.95. The third-order valence-corrected chi connectivity index (χ3v) is 8.77. The summed E-state index contributed by atoms with van der Waals surface area (Å²) in [5, 5.41) is 10.2. The lowest BCUT2D eigenvalue weighted by Crippen LogP contribution is -2.40. The molecule has 0 bridgehead atoms. The number of rotatable bonds is 6. The molecule has 14 heteroatoms. The van der Waals surface area contributed by atoms with Crippen molar-refractivity contribution in [1.82, 2.24) is 14.8 Å². The second-order valence-electron chi connectivity index (χ2n) is 7.46. The van der Waals surface area contributed by atoms with Crippen LogP contribution >= 0.6 is 11.3 Å². The number of fused-ring (bicyclic) bond motifs is 1. The number of nitrogen functional groups attached to an aromatic ring is 1. The second-order valence-corrected chi connectivity index (χ2v) is 11.0. The largest absolute Gasteiger partial charge is 0.382 e. The number of hydrogen-bond donors (Lipinski definition) is 6. The Labute approximate surface area is 199 Å². The van der Waals surface area contributed by atoms with Crippen LogP contribution in [-0.2, 0) is 22.0 Å². The number of piperidine rings is 1. The van der Waals surface area contributed by atoms with Crippen LogP contribution in [0.4, 0.5) is 5.13 Å². The van der Waals surface area contributed by atoms with Crippen LogP contribution in [0.15, 0.2) is 45.2 Å². The molecule has 11 N–H and O–H groups in total. The third-order valence-electron chi connectivity index (χ3n) is 5.41. The quantitative estimate of drug-likeness (QED) is 0.116. The zero-order valence-corrected chi connectivity index (χ0v) is 20.0. The van der Waals surface area contributed by atoms with Crippen molar-refractivity contribution in [3.05, 3.63) is 35.9 Å². The monoisotopic (exact) mass is 507 g/mol. The number of thiazole rings is 1. The Kier molecular flexibility index (Phi) is 7.04. The molecule has 1 fully saturated rings. The number of amidine groups is 1. The van der Waals surface area contributed by atoms with E-state index in [9.17, 15) is 8.42 Å². The molecule has 1 saturated heterocycles. The number of nitrogens with zero attached hydrogens (tertiary/aromatic N) is 3. The molecule has 176 valence electrons. The van der Waals surface area contributed by atoms with Gasteiger partial charge in [0.1, 0.15) is 22.0 Å². The Hall–Kier alpha value is -2.46. The van der Waals surface area contributed by atoms with E-state index in [0.717, 1.165) is 4.70 Å². The van der Waals surface area contributed by atoms with E-state index in [1.165, 1.54) is 11.3 Å². The lowest BCUT2D eigenvalue weighted by Gasteiger charge is -2.29. The maximum atomic E-state index is 13.5. The van der Waals surface area contributed by atoms with Crippen molar-refractivity contribution < 1.29 is 8.42 Å². The number of hydrogen-bond acceptors (Lipinski definition) is 9. The van der Waals surface area contributed by atoms with Gasteiger partial charge in [-0.15, -0.1) is 5.10 Å². The van der Waals surface area contributed by atoms with E-state index >= 15 is 0 Å². The molecule has 2 unspecified atom stereocenters. The van der Waals surface area contributed by atoms with Crippen molar-refractivity contribution in [3.63, 3.8) is 0 Å². The molecule has 1 aliphatic rings. The highest BCUT2D eigenvalue weighted by Crippen LogP contribution is 2.37. The average molecular weight is 508 g/mol. The predicted octanol–water partition coefficient (Wildman–Crippen LogP) is 0.0561. The van der Waals surface area contributed by atoms with E-state index in [-0.39, 0.29) is 22.3 Å². The van der Waals surface area contributed by atoms with Gasteiger partial charge in [-0.25, -0.2) is 34.2 Å². The predicted molar refractivity (Wildman–Crippen MR) is 133 cm³/mol. The summed E-state index contributed by atoms with van der Waals surface area (Å²) in [6.07, 6.45) is 1.43. The number of nitrogens with one attached hydrogen (secondary N) is 1. The first kappa shape index (κ1) is 23.7. The van der Waals surface area contributed by atoms with Gasteiger partial charge in [-0.05, 0) is 30.5 Å². The summed E-state index contributed by atoms with van der Waals surface area (Å²) in [4.78, 5) is 4.86. The van der Waals surface area contributed by atoms with Crippen molar-refractivity contribution in [1.29, 1.82) is 0 Å². The number of benzene rings is 2. The summed E-state index contributed by atoms with van der Waals surface area (Å²) in [7, 11) is -3.66. The van der Waals surface area contributed by atoms with Gasteiger partial charge >= 0.3 is 0 Å². The summed E-state index contributed by atoms with van der Waals surface area (Å²) in [6.45, 7) is 1.10. The van der Waals surface area contributed by atoms with Crippen molar-refractivity contribution in [2.45, 2.75) is 28.7 Å². The van der Waals surface area contributed by atoms with Gasteiger partial charge in [0, 0.05) is 30.3 Å². The zero-order valence-electron chi connectivity index (χ0n) is 17.6. The maximum Gasteiger partial charge on any atom is 0.181 e. The molecule has 1 aliphatic heterocycles. The highest BCUT2D eigenvalue weighted by molar-refractivity contribution is 7.86. The fraction of sp³-hybridized carbons (Fsp3) is 0.263. The van der Waals surface area contributed by atoms with Crippen molar-refractivity contribution in [2.75, 3.05) is 18.8 Å². The van der Waals surface area contributed by atoms with Crippen LogP contribution in [0.3, 0.4) is 0 Å². The molecule has 1 aromatic heterocycles. The lowest BCUT2D eigenvalue weighted by molar-refractivity contribution is 0.334. The van der Waals surface area contributed by atoms with E-state index in [1.54, 1.807) is 16.4 Å². The number of para-hydroxylation sites is 1. The molecule has 4 rings (SSSR count). The summed E-state index contributed by atoms with van der Waals surface area (Å²) in [6, 6.07) is 9.07. The molecule has 0 amide bonds. The molecule has 3 aromatic rings. The number of anilines is 1. The second kappa shape index (κ2) is 9.80. The first-order chi connectivity index (χ1) is 15.8. The highest BCUT2D eigenvalue weighted by Gasteiger charge is 2.29. The van der Waals surface area contributed by atoms with Gasteiger partial charge in [-0.3, -0.25) is 0 Å². The number of nitrogens with two attached hydrogens (primary N) is 5. The van der Waals surface area contributed by atoms with Gasteiger partial charge in [-0.1, -0.05) is 29.5 Å². The molecule has 11 nitrogen and oxygen atoms in total. The van der Waals surface area contributed by atoms with E-state index in [4.69, 9.17) is 28.2 Å². The molecule has 0 saturated carbocycles. The van der Waals surface area contributed by atoms with Gasteiger partial charge in [0.15, 0.2) is 11.0 Å². The van der Waals surface area contributed by atoms with Gasteiger partial charge in [0.2, 0.25) is 0 Å². The molecular formula is C19H25N9O2S3. The van der Waals surface area contributed by atoms with Crippen LogP contribution in [0.25, 0.3) is 21.3 Å². The standard InChI is InChI=1S/C19H25N9O2S3/c20-10-6-8-28(9-7-10)33(30)14-5-4-11(15(17(14)32(24)29)18(21)26-27-23)12-2-1-3-13-16(12)25-19(22)31-13/h1-5,10,27H,6-9,20,23-24H2,(H2,21,26)(H2,22,25). The minimum Gasteiger partial charge on any atom is -0.382 e. The smallest absolute Gasteiger partial charge is 0.181 e. The fourth-order valence-electron chi connectivity index (χ4n) is 3.87. The molecule has 0 aliphatic carbocycles. The van der Waals surface area contributed by atoms with Gasteiger partial charge < -0.3 is 17.2 Å². The number of aromatic nitrogens is 1. The van der Waals surface area contributed by atoms with E-state index in [0.29, 0.717) is 52.6 Å². The Morgan fingerprint density at radius 1 is 1.18 bits per heavy atom. The Bertz CT molecular complexity index is 1270. The van der Waals surface area contributed by atoms with Gasteiger partial charge in [0.25, 0.3) is 0 Å². The summed E-state index contributed by atoms with van der Waals surface area (Å²) >= 11 is 1.35. The van der Waals surface area contributed by atoms with Crippen LogP contribution < -0.4 is 33.7 Å². The lowest BCUT2D eigenvalue weighted by atomic mass is 9.98. The van der Waals surface area contributed by atoms with E-state index in [2.05, 4.69) is 15.6 Å².